The highest BCUT2D eigenvalue weighted by Crippen LogP contribution is 2.25. The Morgan fingerprint density at radius 1 is 1.30 bits per heavy atom. The van der Waals surface area contributed by atoms with E-state index in [0.29, 0.717) is 5.56 Å². The predicted molar refractivity (Wildman–Crippen MR) is 86.2 cm³/mol. The zero-order chi connectivity index (χ0) is 17.6. The summed E-state index contributed by atoms with van der Waals surface area (Å²) in [6, 6.07) is 5.18. The van der Waals surface area contributed by atoms with Crippen molar-refractivity contribution < 1.29 is 24.2 Å². The Morgan fingerprint density at radius 2 is 1.91 bits per heavy atom. The molecule has 2 atom stereocenters. The van der Waals surface area contributed by atoms with Crippen molar-refractivity contribution in [2.75, 3.05) is 6.61 Å². The van der Waals surface area contributed by atoms with Gasteiger partial charge in [-0.05, 0) is 33.8 Å². The number of amides is 1. The minimum Gasteiger partial charge on any atom is -0.464 e. The molecule has 0 unspecified atom stereocenters. The second kappa shape index (κ2) is 8.17. The summed E-state index contributed by atoms with van der Waals surface area (Å²) in [7, 11) is 0. The van der Waals surface area contributed by atoms with Crippen molar-refractivity contribution in [2.45, 2.75) is 45.4 Å². The van der Waals surface area contributed by atoms with Crippen LogP contribution in [0.4, 0.5) is 4.79 Å². The molecule has 0 heterocycles. The van der Waals surface area contributed by atoms with E-state index in [9.17, 15) is 14.7 Å². The normalized spacial score (nSPS) is 13.8. The molecule has 1 amide bonds. The molecule has 0 saturated carbocycles. The average Bonchev–Trinajstić information content (AvgIpc) is 2.43. The number of nitrogens with one attached hydrogen (secondary N) is 1. The first-order valence-corrected chi connectivity index (χ1v) is 7.62. The topological polar surface area (TPSA) is 84.9 Å². The fourth-order valence-electron chi connectivity index (χ4n) is 1.83. The van der Waals surface area contributed by atoms with Crippen molar-refractivity contribution in [3.05, 3.63) is 34.9 Å². The molecule has 7 heteroatoms. The van der Waals surface area contributed by atoms with Crippen LogP contribution in [0, 0.1) is 0 Å². The Kier molecular flexibility index (Phi) is 6.84. The maximum Gasteiger partial charge on any atom is 0.408 e. The summed E-state index contributed by atoms with van der Waals surface area (Å²) in [6.07, 6.45) is -2.20. The Labute approximate surface area is 140 Å². The number of hydrogen-bond acceptors (Lipinski definition) is 5. The van der Waals surface area contributed by atoms with Crippen LogP contribution in [0.25, 0.3) is 0 Å². The van der Waals surface area contributed by atoms with Crippen LogP contribution in [-0.4, -0.2) is 35.4 Å². The first-order chi connectivity index (χ1) is 10.7. The Morgan fingerprint density at radius 3 is 2.43 bits per heavy atom. The lowest BCUT2D eigenvalue weighted by molar-refractivity contribution is -0.148. The zero-order valence-electron chi connectivity index (χ0n) is 13.6. The number of carbonyl (C=O) groups is 2. The minimum absolute atomic E-state index is 0.112. The molecular weight excluding hydrogens is 322 g/mol. The van der Waals surface area contributed by atoms with Gasteiger partial charge in [0.15, 0.2) is 6.04 Å². The second-order valence-corrected chi connectivity index (χ2v) is 6.25. The first-order valence-electron chi connectivity index (χ1n) is 7.24. The maximum absolute atomic E-state index is 12.1. The van der Waals surface area contributed by atoms with E-state index in [4.69, 9.17) is 21.1 Å². The lowest BCUT2D eigenvalue weighted by atomic mass is 10.0. The van der Waals surface area contributed by atoms with E-state index in [1.165, 1.54) is 0 Å². The summed E-state index contributed by atoms with van der Waals surface area (Å²) >= 11 is 6.03. The minimum atomic E-state index is -1.37. The SMILES string of the molecule is CCOC(=O)[C@H](NC(=O)OC(C)(C)C)[C@H](O)c1ccccc1Cl. The number of benzene rings is 1. The number of halogens is 1. The molecule has 1 aromatic rings. The van der Waals surface area contributed by atoms with E-state index in [1.54, 1.807) is 52.0 Å². The number of ether oxygens (including phenoxy) is 2. The van der Waals surface area contributed by atoms with Gasteiger partial charge in [-0.2, -0.15) is 0 Å². The monoisotopic (exact) mass is 343 g/mol. The van der Waals surface area contributed by atoms with Crippen molar-refractivity contribution in [2.24, 2.45) is 0 Å². The number of carbonyl (C=O) groups excluding carboxylic acids is 2. The fraction of sp³-hybridized carbons (Fsp3) is 0.500. The van der Waals surface area contributed by atoms with Gasteiger partial charge in [-0.1, -0.05) is 29.8 Å². The highest BCUT2D eigenvalue weighted by atomic mass is 35.5. The van der Waals surface area contributed by atoms with Crippen LogP contribution in [0.2, 0.25) is 5.02 Å². The van der Waals surface area contributed by atoms with E-state index in [0.717, 1.165) is 0 Å². The third-order valence-electron chi connectivity index (χ3n) is 2.75. The molecule has 128 valence electrons. The number of hydrogen-bond donors (Lipinski definition) is 2. The van der Waals surface area contributed by atoms with Gasteiger partial charge < -0.3 is 19.9 Å². The second-order valence-electron chi connectivity index (χ2n) is 5.84. The van der Waals surface area contributed by atoms with Gasteiger partial charge >= 0.3 is 12.1 Å². The van der Waals surface area contributed by atoms with Gasteiger partial charge in [-0.25, -0.2) is 9.59 Å². The Hall–Kier alpha value is -1.79. The number of alkyl carbamates (subject to hydrolysis) is 1. The van der Waals surface area contributed by atoms with Crippen LogP contribution in [0.1, 0.15) is 39.4 Å². The molecule has 0 aliphatic rings. The predicted octanol–water partition coefficient (Wildman–Crippen LogP) is 2.83. The van der Waals surface area contributed by atoms with Crippen molar-refractivity contribution in [3.63, 3.8) is 0 Å². The van der Waals surface area contributed by atoms with E-state index in [-0.39, 0.29) is 11.6 Å². The quantitative estimate of drug-likeness (QED) is 0.803. The molecule has 0 aromatic heterocycles. The standard InChI is InChI=1S/C16H22ClNO5/c1-5-22-14(20)12(18-15(21)23-16(2,3)4)13(19)10-8-6-7-9-11(10)17/h6-9,12-13,19H,5H2,1-4H3,(H,18,21)/t12-,13-/m1/s1. The van der Waals surface area contributed by atoms with E-state index < -0.39 is 29.8 Å². The van der Waals surface area contributed by atoms with E-state index in [1.807, 2.05) is 0 Å². The third-order valence-corrected chi connectivity index (χ3v) is 3.10. The number of esters is 1. The van der Waals surface area contributed by atoms with Crippen LogP contribution >= 0.6 is 11.6 Å². The Balaban J connectivity index is 2.99. The smallest absolute Gasteiger partial charge is 0.408 e. The van der Waals surface area contributed by atoms with Crippen molar-refractivity contribution in [1.82, 2.24) is 5.32 Å². The summed E-state index contributed by atoms with van der Waals surface area (Å²) in [4.78, 5) is 24.0. The molecule has 1 aromatic carbocycles. The van der Waals surface area contributed by atoms with Gasteiger partial charge in [0.1, 0.15) is 11.7 Å². The first kappa shape index (κ1) is 19.3. The van der Waals surface area contributed by atoms with Gasteiger partial charge in [-0.3, -0.25) is 0 Å². The molecule has 0 fully saturated rings. The zero-order valence-corrected chi connectivity index (χ0v) is 14.4. The van der Waals surface area contributed by atoms with E-state index >= 15 is 0 Å². The third kappa shape index (κ3) is 6.08. The van der Waals surface area contributed by atoms with Crippen LogP contribution in [-0.2, 0) is 14.3 Å². The average molecular weight is 344 g/mol. The largest absolute Gasteiger partial charge is 0.464 e. The molecule has 23 heavy (non-hydrogen) atoms. The number of rotatable bonds is 5. The van der Waals surface area contributed by atoms with Gasteiger partial charge in [-0.15, -0.1) is 0 Å². The van der Waals surface area contributed by atoms with Gasteiger partial charge in [0.2, 0.25) is 0 Å². The van der Waals surface area contributed by atoms with Crippen molar-refractivity contribution in [3.8, 4) is 0 Å². The highest BCUT2D eigenvalue weighted by Gasteiger charge is 2.33. The van der Waals surface area contributed by atoms with Crippen molar-refractivity contribution >= 4 is 23.7 Å². The molecule has 1 rings (SSSR count). The molecule has 6 nitrogen and oxygen atoms in total. The van der Waals surface area contributed by atoms with Crippen LogP contribution in [0.5, 0.6) is 0 Å². The molecule has 0 aliphatic carbocycles. The van der Waals surface area contributed by atoms with Gasteiger partial charge in [0.05, 0.1) is 6.61 Å². The molecular formula is C16H22ClNO5. The molecule has 0 bridgehead atoms. The lowest BCUT2D eigenvalue weighted by Gasteiger charge is -2.26. The lowest BCUT2D eigenvalue weighted by Crippen LogP contribution is -2.47. The van der Waals surface area contributed by atoms with Crippen LogP contribution in [0.3, 0.4) is 0 Å². The summed E-state index contributed by atoms with van der Waals surface area (Å²) in [6.45, 7) is 6.81. The van der Waals surface area contributed by atoms with Gasteiger partial charge in [0.25, 0.3) is 0 Å². The summed E-state index contributed by atoms with van der Waals surface area (Å²) in [5.74, 6) is -0.772. The van der Waals surface area contributed by atoms with Crippen LogP contribution < -0.4 is 5.32 Å². The fourth-order valence-corrected chi connectivity index (χ4v) is 2.08. The van der Waals surface area contributed by atoms with E-state index in [2.05, 4.69) is 5.32 Å². The summed E-state index contributed by atoms with van der Waals surface area (Å²) in [5, 5.41) is 13.1. The summed E-state index contributed by atoms with van der Waals surface area (Å²) in [5.41, 5.74) is -0.429. The number of aliphatic hydroxyl groups excluding tert-OH is 1. The highest BCUT2D eigenvalue weighted by molar-refractivity contribution is 6.31. The summed E-state index contributed by atoms with van der Waals surface area (Å²) < 4.78 is 10.0. The molecule has 0 aliphatic heterocycles. The van der Waals surface area contributed by atoms with Crippen LogP contribution in [0.15, 0.2) is 24.3 Å². The Bertz CT molecular complexity index is 556. The maximum atomic E-state index is 12.1. The molecule has 0 spiro atoms. The van der Waals surface area contributed by atoms with Crippen molar-refractivity contribution in [1.29, 1.82) is 0 Å². The molecule has 2 N–H and O–H groups in total. The molecule has 0 saturated heterocycles. The molecule has 0 radical (unpaired) electrons. The number of aliphatic hydroxyl groups is 1. The van der Waals surface area contributed by atoms with Gasteiger partial charge in [0, 0.05) is 10.6 Å².